The Bertz CT molecular complexity index is 4100. The van der Waals surface area contributed by atoms with E-state index in [0.29, 0.717) is 0 Å². The van der Waals surface area contributed by atoms with E-state index in [2.05, 4.69) is 181 Å². The minimum Gasteiger partial charge on any atom is -0.305 e. The fourth-order valence-electron chi connectivity index (χ4n) is 15.1. The number of pyridine rings is 2. The number of fused-ring (bicyclic) bond motifs is 8. The molecule has 6 bridgehead atoms. The molecule has 0 spiro atoms. The highest BCUT2D eigenvalue weighted by Gasteiger charge is 2.47. The molecule has 4 aromatic heterocycles. The van der Waals surface area contributed by atoms with Crippen molar-refractivity contribution in [2.24, 2.45) is 0 Å². The summed E-state index contributed by atoms with van der Waals surface area (Å²) < 4.78 is 2.59. The number of aromatic nitrogens is 3. The standard InChI is InChI=1S/C62H35N3/c1-3-15-33-31(13-1)49-32-14-2-4-16-34(32)50(33)45-27-43-30(25-44(45)49)26-46-55-47(28-63-60-53-39-21-9-5-17-35(39)51(58(55)60)36-18-6-10-22-40(36)53)65-48-29-64-61-54-41-23-11-7-19-37(41)52(38-20-8-12-24-42(38)54)59(61)57(48)56(43)62(46)65/h1-29,49-54H. The molecule has 4 heterocycles. The summed E-state index contributed by atoms with van der Waals surface area (Å²) in [4.78, 5) is 11.2. The Morgan fingerprint density at radius 2 is 0.662 bits per heavy atom. The Morgan fingerprint density at radius 1 is 0.308 bits per heavy atom. The maximum absolute atomic E-state index is 5.60. The van der Waals surface area contributed by atoms with E-state index in [4.69, 9.17) is 9.97 Å². The van der Waals surface area contributed by atoms with Crippen LogP contribution in [0.5, 0.6) is 0 Å². The lowest BCUT2D eigenvalue weighted by Gasteiger charge is -2.42. The van der Waals surface area contributed by atoms with Crippen molar-refractivity contribution in [3.8, 4) is 0 Å². The lowest BCUT2D eigenvalue weighted by Crippen LogP contribution is -2.28. The van der Waals surface area contributed by atoms with E-state index in [0.717, 1.165) is 0 Å². The van der Waals surface area contributed by atoms with Gasteiger partial charge in [-0.2, -0.15) is 0 Å². The van der Waals surface area contributed by atoms with Gasteiger partial charge >= 0.3 is 0 Å². The molecule has 0 amide bonds. The van der Waals surface area contributed by atoms with E-state index < -0.39 is 0 Å². The van der Waals surface area contributed by atoms with Gasteiger partial charge in [0.1, 0.15) is 0 Å². The third-order valence-corrected chi connectivity index (χ3v) is 17.3. The van der Waals surface area contributed by atoms with Crippen LogP contribution in [-0.4, -0.2) is 14.4 Å². The van der Waals surface area contributed by atoms with Gasteiger partial charge in [0.25, 0.3) is 0 Å². The predicted molar refractivity (Wildman–Crippen MR) is 259 cm³/mol. The second-order valence-electron chi connectivity index (χ2n) is 19.7. The van der Waals surface area contributed by atoms with Crippen LogP contribution in [0.15, 0.2) is 176 Å². The molecule has 3 nitrogen and oxygen atoms in total. The highest BCUT2D eigenvalue weighted by atomic mass is 15.0. The van der Waals surface area contributed by atoms with Crippen LogP contribution in [0.4, 0.5) is 0 Å². The largest absolute Gasteiger partial charge is 0.305 e. The molecule has 0 fully saturated rings. The van der Waals surface area contributed by atoms with Gasteiger partial charge in [-0.1, -0.05) is 146 Å². The van der Waals surface area contributed by atoms with Crippen LogP contribution in [0.1, 0.15) is 136 Å². The molecule has 0 atom stereocenters. The second kappa shape index (κ2) is 10.9. The van der Waals surface area contributed by atoms with Crippen molar-refractivity contribution in [2.75, 3.05) is 0 Å². The van der Waals surface area contributed by atoms with E-state index in [9.17, 15) is 0 Å². The van der Waals surface area contributed by atoms with Crippen molar-refractivity contribution in [3.63, 3.8) is 0 Å². The lowest BCUT2D eigenvalue weighted by atomic mass is 9.60. The first-order chi connectivity index (χ1) is 32.3. The van der Waals surface area contributed by atoms with Gasteiger partial charge in [-0.3, -0.25) is 9.97 Å². The smallest absolute Gasteiger partial charge is 0.0729 e. The third kappa shape index (κ3) is 3.52. The Hall–Kier alpha value is -7.88. The van der Waals surface area contributed by atoms with Gasteiger partial charge in [-0.15, -0.1) is 0 Å². The van der Waals surface area contributed by atoms with Crippen molar-refractivity contribution >= 4 is 48.9 Å². The lowest BCUT2D eigenvalue weighted by molar-refractivity contribution is 0.734. The molecular weight excluding hydrogens is 787 g/mol. The van der Waals surface area contributed by atoms with Crippen LogP contribution in [0.25, 0.3) is 48.9 Å². The Labute approximate surface area is 373 Å². The van der Waals surface area contributed by atoms with Gasteiger partial charge in [-0.25, -0.2) is 0 Å². The second-order valence-corrected chi connectivity index (χ2v) is 19.7. The summed E-state index contributed by atoms with van der Waals surface area (Å²) >= 11 is 0. The van der Waals surface area contributed by atoms with Gasteiger partial charge in [-0.05, 0) is 118 Å². The molecule has 9 aliphatic rings. The van der Waals surface area contributed by atoms with Gasteiger partial charge in [0.15, 0.2) is 0 Å². The van der Waals surface area contributed by atoms with Crippen LogP contribution in [0, 0.1) is 0 Å². The van der Waals surface area contributed by atoms with Crippen LogP contribution in [-0.2, 0) is 0 Å². The summed E-state index contributed by atoms with van der Waals surface area (Å²) in [5.41, 5.74) is 28.9. The van der Waals surface area contributed by atoms with Crippen molar-refractivity contribution in [1.82, 2.24) is 14.4 Å². The minimum absolute atomic E-state index is 0.0908. The highest BCUT2D eigenvalue weighted by molar-refractivity contribution is 6.33. The van der Waals surface area contributed by atoms with E-state index >= 15 is 0 Å². The van der Waals surface area contributed by atoms with Gasteiger partial charge < -0.3 is 4.40 Å². The number of hydrogen-bond donors (Lipinski definition) is 0. The number of rotatable bonds is 0. The van der Waals surface area contributed by atoms with Crippen LogP contribution in [0.2, 0.25) is 0 Å². The fourth-order valence-corrected chi connectivity index (χ4v) is 15.1. The molecule has 298 valence electrons. The molecule has 0 unspecified atom stereocenters. The van der Waals surface area contributed by atoms with Crippen LogP contribution in [0.3, 0.4) is 0 Å². The van der Waals surface area contributed by atoms with Gasteiger partial charge in [0.2, 0.25) is 0 Å². The van der Waals surface area contributed by atoms with Crippen LogP contribution >= 0.6 is 0 Å². The van der Waals surface area contributed by atoms with Crippen molar-refractivity contribution in [1.29, 1.82) is 0 Å². The zero-order valence-electron chi connectivity index (χ0n) is 35.0. The predicted octanol–water partition coefficient (Wildman–Crippen LogP) is 13.7. The Morgan fingerprint density at radius 3 is 1.09 bits per heavy atom. The summed E-state index contributed by atoms with van der Waals surface area (Å²) in [6.07, 6.45) is 4.45. The maximum Gasteiger partial charge on any atom is 0.0729 e. The summed E-state index contributed by atoms with van der Waals surface area (Å²) in [5, 5.41) is 8.07. The summed E-state index contributed by atoms with van der Waals surface area (Å²) in [6, 6.07) is 63.0. The topological polar surface area (TPSA) is 30.2 Å². The minimum atomic E-state index is 0.0908. The van der Waals surface area contributed by atoms with Crippen molar-refractivity contribution in [2.45, 2.75) is 35.5 Å². The number of benzene rings is 8. The summed E-state index contributed by atoms with van der Waals surface area (Å²) in [5.74, 6) is 0.783. The molecule has 0 saturated heterocycles. The molecule has 0 saturated carbocycles. The quantitative estimate of drug-likeness (QED) is 0.153. The van der Waals surface area contributed by atoms with E-state index in [1.54, 1.807) is 0 Å². The molecule has 0 aliphatic heterocycles. The van der Waals surface area contributed by atoms with E-state index in [-0.39, 0.29) is 35.5 Å². The molecule has 0 radical (unpaired) electrons. The zero-order valence-corrected chi connectivity index (χ0v) is 35.0. The van der Waals surface area contributed by atoms with E-state index in [1.165, 1.54) is 149 Å². The SMILES string of the molecule is c1ccc2c(c1)C1c3ccccc3C2c2cc3c(cc21)cc1c2c4c(ncc2n2c5cnc6c(c5c3c12)C1c2ccccc2C6c2ccccc21)C1c2ccccc2C4c2ccccc21. The highest BCUT2D eigenvalue weighted by Crippen LogP contribution is 2.62. The number of nitrogens with zero attached hydrogens (tertiary/aromatic N) is 3. The monoisotopic (exact) mass is 821 g/mol. The van der Waals surface area contributed by atoms with Crippen molar-refractivity contribution in [3.05, 3.63) is 277 Å². The first-order valence-electron chi connectivity index (χ1n) is 23.4. The fraction of sp³-hybridized carbons (Fsp3) is 0.0968. The summed E-state index contributed by atoms with van der Waals surface area (Å²) in [7, 11) is 0. The Balaban J connectivity index is 1.03. The zero-order chi connectivity index (χ0) is 41.6. The normalized spacial score (nSPS) is 21.5. The molecule has 21 rings (SSSR count). The third-order valence-electron chi connectivity index (χ3n) is 17.3. The molecule has 3 heteroatoms. The maximum atomic E-state index is 5.60. The van der Waals surface area contributed by atoms with E-state index in [1.807, 2.05) is 0 Å². The Kier molecular flexibility index (Phi) is 5.49. The van der Waals surface area contributed by atoms with Crippen LogP contribution < -0.4 is 0 Å². The number of hydrogen-bond acceptors (Lipinski definition) is 2. The summed E-state index contributed by atoms with van der Waals surface area (Å²) in [6.45, 7) is 0. The van der Waals surface area contributed by atoms with Gasteiger partial charge in [0, 0.05) is 45.2 Å². The molecule has 9 aliphatic carbocycles. The molecule has 8 aromatic carbocycles. The average molecular weight is 822 g/mol. The molecule has 65 heavy (non-hydrogen) atoms. The first kappa shape index (κ1) is 32.7. The van der Waals surface area contributed by atoms with Gasteiger partial charge in [0.05, 0.1) is 52.2 Å². The first-order valence-corrected chi connectivity index (χ1v) is 23.4. The average Bonchev–Trinajstić information content (AvgIpc) is 3.90. The molecular formula is C62H35N3. The van der Waals surface area contributed by atoms with Crippen molar-refractivity contribution < 1.29 is 0 Å². The molecule has 0 N–H and O–H groups in total. The molecule has 12 aromatic rings.